The molecule has 1 heterocycles. The first-order valence-electron chi connectivity index (χ1n) is 12.0. The van der Waals surface area contributed by atoms with Gasteiger partial charge >= 0.3 is 11.9 Å². The van der Waals surface area contributed by atoms with Gasteiger partial charge in [0.2, 0.25) is 0 Å². The second-order valence-corrected chi connectivity index (χ2v) is 8.60. The molecule has 0 aromatic heterocycles. The van der Waals surface area contributed by atoms with Gasteiger partial charge in [-0.05, 0) is 38.3 Å². The normalized spacial score (nSPS) is 14.0. The zero-order valence-corrected chi connectivity index (χ0v) is 22.5. The van der Waals surface area contributed by atoms with Gasteiger partial charge in [0, 0.05) is 29.6 Å². The number of rotatable bonds is 10. The van der Waals surface area contributed by atoms with Crippen LogP contribution in [0.1, 0.15) is 37.3 Å². The summed E-state index contributed by atoms with van der Waals surface area (Å²) in [6.07, 6.45) is 1.66. The van der Waals surface area contributed by atoms with Crippen LogP contribution in [0.3, 0.4) is 0 Å². The molecular formula is C29H35NO7. The zero-order valence-electron chi connectivity index (χ0n) is 22.5. The van der Waals surface area contributed by atoms with Crippen molar-refractivity contribution in [2.75, 3.05) is 42.1 Å². The van der Waals surface area contributed by atoms with E-state index in [1.54, 1.807) is 12.1 Å². The standard InChI is InChI=1S/C29H35NO7/c1-18-25(28(31)36-6)27(21-16-23(34-4)24(35-5)17-22(21)33-3)26(29(32)37-7)19(2)30(18)15-11-14-20-12-9-8-10-13-20/h8-10,12-13,16-17,27H,11,14-15H2,1-7H3. The predicted molar refractivity (Wildman–Crippen MR) is 140 cm³/mol. The van der Waals surface area contributed by atoms with Gasteiger partial charge in [-0.1, -0.05) is 30.3 Å². The number of carbonyl (C=O) groups is 2. The van der Waals surface area contributed by atoms with Crippen molar-refractivity contribution in [3.63, 3.8) is 0 Å². The van der Waals surface area contributed by atoms with E-state index in [4.69, 9.17) is 23.7 Å². The van der Waals surface area contributed by atoms with Gasteiger partial charge in [0.1, 0.15) is 5.75 Å². The Morgan fingerprint density at radius 2 is 1.27 bits per heavy atom. The van der Waals surface area contributed by atoms with Crippen molar-refractivity contribution in [2.24, 2.45) is 0 Å². The molecule has 1 aliphatic rings. The molecule has 8 heteroatoms. The number of ether oxygens (including phenoxy) is 5. The lowest BCUT2D eigenvalue weighted by atomic mass is 9.79. The summed E-state index contributed by atoms with van der Waals surface area (Å²) in [7, 11) is 7.22. The lowest BCUT2D eigenvalue weighted by Gasteiger charge is -2.38. The van der Waals surface area contributed by atoms with Crippen molar-refractivity contribution in [2.45, 2.75) is 32.6 Å². The van der Waals surface area contributed by atoms with Crippen LogP contribution in [0.2, 0.25) is 0 Å². The minimum atomic E-state index is -0.806. The van der Waals surface area contributed by atoms with Crippen LogP contribution in [0.5, 0.6) is 17.2 Å². The van der Waals surface area contributed by atoms with Crippen LogP contribution in [0.25, 0.3) is 0 Å². The van der Waals surface area contributed by atoms with Gasteiger partial charge in [-0.3, -0.25) is 0 Å². The molecule has 0 radical (unpaired) electrons. The number of allylic oxidation sites excluding steroid dienone is 2. The SMILES string of the molecule is COC(=O)C1=C(C)N(CCCc2ccccc2)C(C)=C(C(=O)OC)C1c1cc(OC)c(OC)cc1OC. The van der Waals surface area contributed by atoms with Gasteiger partial charge < -0.3 is 28.6 Å². The van der Waals surface area contributed by atoms with Crippen LogP contribution in [0, 0.1) is 0 Å². The summed E-state index contributed by atoms with van der Waals surface area (Å²) in [5.41, 5.74) is 3.84. The summed E-state index contributed by atoms with van der Waals surface area (Å²) in [6.45, 7) is 4.34. The van der Waals surface area contributed by atoms with E-state index in [0.717, 1.165) is 12.8 Å². The Labute approximate surface area is 218 Å². The maximum absolute atomic E-state index is 13.3. The number of nitrogens with zero attached hydrogens (tertiary/aromatic N) is 1. The fourth-order valence-electron chi connectivity index (χ4n) is 4.87. The van der Waals surface area contributed by atoms with Crippen LogP contribution in [0.15, 0.2) is 65.0 Å². The van der Waals surface area contributed by atoms with Gasteiger partial charge in [0.15, 0.2) is 11.5 Å². The van der Waals surface area contributed by atoms with E-state index in [0.29, 0.717) is 51.9 Å². The molecule has 2 aromatic rings. The largest absolute Gasteiger partial charge is 0.496 e. The van der Waals surface area contributed by atoms with Crippen LogP contribution in [-0.4, -0.2) is 58.9 Å². The molecule has 0 N–H and O–H groups in total. The maximum Gasteiger partial charge on any atom is 0.336 e. The Morgan fingerprint density at radius 3 is 1.76 bits per heavy atom. The van der Waals surface area contributed by atoms with Gasteiger partial charge in [-0.2, -0.15) is 0 Å². The number of benzene rings is 2. The van der Waals surface area contributed by atoms with E-state index in [2.05, 4.69) is 12.1 Å². The Balaban J connectivity index is 2.18. The number of aryl methyl sites for hydroxylation is 1. The van der Waals surface area contributed by atoms with E-state index in [-0.39, 0.29) is 0 Å². The zero-order chi connectivity index (χ0) is 27.1. The quantitative estimate of drug-likeness (QED) is 0.429. The Hall–Kier alpha value is -3.94. The fraction of sp³-hybridized carbons (Fsp3) is 0.379. The monoisotopic (exact) mass is 509 g/mol. The van der Waals surface area contributed by atoms with E-state index < -0.39 is 17.9 Å². The van der Waals surface area contributed by atoms with Crippen molar-refractivity contribution in [1.29, 1.82) is 0 Å². The fourth-order valence-corrected chi connectivity index (χ4v) is 4.87. The summed E-state index contributed by atoms with van der Waals surface area (Å²) in [5.74, 6) is -0.555. The number of carbonyl (C=O) groups excluding carboxylic acids is 2. The molecule has 8 nitrogen and oxygen atoms in total. The van der Waals surface area contributed by atoms with E-state index in [1.165, 1.54) is 41.1 Å². The third-order valence-corrected chi connectivity index (χ3v) is 6.71. The van der Waals surface area contributed by atoms with Crippen molar-refractivity contribution in [3.05, 3.63) is 76.1 Å². The summed E-state index contributed by atoms with van der Waals surface area (Å²) < 4.78 is 27.1. The minimum absolute atomic E-state index is 0.332. The summed E-state index contributed by atoms with van der Waals surface area (Å²) in [5, 5.41) is 0. The third kappa shape index (κ3) is 5.58. The van der Waals surface area contributed by atoms with E-state index in [1.807, 2.05) is 36.9 Å². The molecule has 0 saturated carbocycles. The Kier molecular flexibility index (Phi) is 9.22. The Bertz CT molecular complexity index is 1160. The van der Waals surface area contributed by atoms with E-state index in [9.17, 15) is 9.59 Å². The first-order valence-corrected chi connectivity index (χ1v) is 12.0. The number of esters is 2. The van der Waals surface area contributed by atoms with Gasteiger partial charge in [-0.25, -0.2) is 9.59 Å². The molecule has 198 valence electrons. The lowest BCUT2D eigenvalue weighted by molar-refractivity contribution is -0.137. The summed E-state index contributed by atoms with van der Waals surface area (Å²) >= 11 is 0. The van der Waals surface area contributed by atoms with Gasteiger partial charge in [-0.15, -0.1) is 0 Å². The van der Waals surface area contributed by atoms with E-state index >= 15 is 0 Å². The molecule has 3 rings (SSSR count). The predicted octanol–water partition coefficient (Wildman–Crippen LogP) is 4.64. The van der Waals surface area contributed by atoms with Gasteiger partial charge in [0.05, 0.1) is 52.6 Å². The van der Waals surface area contributed by atoms with Crippen LogP contribution in [0.4, 0.5) is 0 Å². The second kappa shape index (κ2) is 12.3. The lowest BCUT2D eigenvalue weighted by Crippen LogP contribution is -2.35. The smallest absolute Gasteiger partial charge is 0.336 e. The molecule has 0 atom stereocenters. The number of hydrogen-bond acceptors (Lipinski definition) is 8. The number of hydrogen-bond donors (Lipinski definition) is 0. The maximum atomic E-state index is 13.3. The number of methoxy groups -OCH3 is 5. The van der Waals surface area contributed by atoms with Crippen molar-refractivity contribution in [3.8, 4) is 17.2 Å². The summed E-state index contributed by atoms with van der Waals surface area (Å²) in [6, 6.07) is 13.6. The highest BCUT2D eigenvalue weighted by Crippen LogP contribution is 2.48. The van der Waals surface area contributed by atoms with Crippen molar-refractivity contribution in [1.82, 2.24) is 4.90 Å². The summed E-state index contributed by atoms with van der Waals surface area (Å²) in [4.78, 5) is 28.5. The van der Waals surface area contributed by atoms with Crippen molar-refractivity contribution >= 4 is 11.9 Å². The molecule has 0 fully saturated rings. The van der Waals surface area contributed by atoms with Gasteiger partial charge in [0.25, 0.3) is 0 Å². The second-order valence-electron chi connectivity index (χ2n) is 8.60. The molecular weight excluding hydrogens is 474 g/mol. The molecule has 0 saturated heterocycles. The molecule has 0 spiro atoms. The first-order chi connectivity index (χ1) is 17.8. The molecule has 0 amide bonds. The molecule has 0 aliphatic carbocycles. The highest BCUT2D eigenvalue weighted by atomic mass is 16.5. The molecule has 37 heavy (non-hydrogen) atoms. The topological polar surface area (TPSA) is 83.5 Å². The first kappa shape index (κ1) is 27.6. The third-order valence-electron chi connectivity index (χ3n) is 6.71. The molecule has 1 aliphatic heterocycles. The molecule has 0 unspecified atom stereocenters. The van der Waals surface area contributed by atoms with Crippen LogP contribution < -0.4 is 14.2 Å². The average molecular weight is 510 g/mol. The highest BCUT2D eigenvalue weighted by molar-refractivity contribution is 6.00. The minimum Gasteiger partial charge on any atom is -0.496 e. The van der Waals surface area contributed by atoms with Crippen LogP contribution >= 0.6 is 0 Å². The highest BCUT2D eigenvalue weighted by Gasteiger charge is 2.42. The van der Waals surface area contributed by atoms with Crippen molar-refractivity contribution < 1.29 is 33.3 Å². The Morgan fingerprint density at radius 1 is 0.757 bits per heavy atom. The molecule has 0 bridgehead atoms. The van der Waals surface area contributed by atoms with Crippen LogP contribution in [-0.2, 0) is 25.5 Å². The average Bonchev–Trinajstić information content (AvgIpc) is 2.93. The molecule has 2 aromatic carbocycles.